The lowest BCUT2D eigenvalue weighted by molar-refractivity contribution is 0.0695. The summed E-state index contributed by atoms with van der Waals surface area (Å²) in [5.74, 6) is 5.25. The van der Waals surface area contributed by atoms with Crippen LogP contribution in [0.25, 0.3) is 16.8 Å². The molecule has 5 N–H and O–H groups in total. The summed E-state index contributed by atoms with van der Waals surface area (Å²) in [4.78, 5) is 12.1. The molecule has 196 valence electrons. The number of benzene rings is 2. The third kappa shape index (κ3) is 6.41. The maximum Gasteiger partial charge on any atom is 0.339 e. The second kappa shape index (κ2) is 12.1. The van der Waals surface area contributed by atoms with Gasteiger partial charge < -0.3 is 15.8 Å². The molecule has 1 aliphatic rings. The molecule has 1 aliphatic carbocycles. The van der Waals surface area contributed by atoms with Crippen LogP contribution < -0.4 is 11.6 Å². The van der Waals surface area contributed by atoms with Crippen LogP contribution in [0.5, 0.6) is 0 Å². The molecule has 2 aromatic carbocycles. The Morgan fingerprint density at radius 2 is 1.86 bits per heavy atom. The van der Waals surface area contributed by atoms with Crippen LogP contribution in [0, 0.1) is 5.92 Å². The van der Waals surface area contributed by atoms with Crippen LogP contribution in [-0.4, -0.2) is 32.9 Å². The van der Waals surface area contributed by atoms with E-state index in [1.807, 2.05) is 19.1 Å². The number of carboxylic acids is 1. The Balaban J connectivity index is 1.65. The first kappa shape index (κ1) is 26.5. The van der Waals surface area contributed by atoms with Gasteiger partial charge in [-0.2, -0.15) is 5.10 Å². The van der Waals surface area contributed by atoms with Crippen LogP contribution in [0.2, 0.25) is 0 Å². The Morgan fingerprint density at radius 3 is 2.54 bits per heavy atom. The van der Waals surface area contributed by atoms with Gasteiger partial charge in [-0.05, 0) is 54.0 Å². The molecule has 1 unspecified atom stereocenters. The third-order valence-corrected chi connectivity index (χ3v) is 7.45. The zero-order valence-electron chi connectivity index (χ0n) is 21.9. The molecule has 7 heteroatoms. The summed E-state index contributed by atoms with van der Waals surface area (Å²) in [6.07, 6.45) is 12.8. The van der Waals surface area contributed by atoms with E-state index in [0.717, 1.165) is 29.2 Å². The number of allylic oxidation sites excluding steroid dienone is 1. The number of aromatic carboxylic acids is 1. The van der Waals surface area contributed by atoms with Crippen molar-refractivity contribution in [3.63, 3.8) is 0 Å². The molecule has 1 aromatic heterocycles. The average molecular weight is 502 g/mol. The predicted molar refractivity (Wildman–Crippen MR) is 148 cm³/mol. The standard InChI is InChI=1S/C30H39N5O2/c1-3-26(28(31)20-34(2)32)29-27(30(36)37)19-33-35(29)25-14-8-13-24(18-25)23-12-7-11-22(17-23)16-15-21-9-5-4-6-10-21/h7-8,11-14,17-21,26H,3-6,9-10,15-16,31-32H2,1-2H3,(H,36,37)/b28-20-. The van der Waals surface area contributed by atoms with Crippen LogP contribution in [0.3, 0.4) is 0 Å². The van der Waals surface area contributed by atoms with Crippen molar-refractivity contribution in [2.75, 3.05) is 7.05 Å². The van der Waals surface area contributed by atoms with Crippen molar-refractivity contribution in [3.05, 3.63) is 83.4 Å². The Bertz CT molecular complexity index is 1240. The molecule has 1 saturated carbocycles. The lowest BCUT2D eigenvalue weighted by Gasteiger charge is -2.21. The van der Waals surface area contributed by atoms with Gasteiger partial charge in [0.1, 0.15) is 5.56 Å². The summed E-state index contributed by atoms with van der Waals surface area (Å²) < 4.78 is 1.70. The summed E-state index contributed by atoms with van der Waals surface area (Å²) in [5, 5.41) is 15.7. The number of hydrogen-bond acceptors (Lipinski definition) is 5. The van der Waals surface area contributed by atoms with E-state index in [-0.39, 0.29) is 11.5 Å². The molecule has 4 rings (SSSR count). The van der Waals surface area contributed by atoms with Crippen molar-refractivity contribution >= 4 is 5.97 Å². The Kier molecular flexibility index (Phi) is 8.66. The highest BCUT2D eigenvalue weighted by Crippen LogP contribution is 2.32. The Hall–Kier alpha value is -3.58. The van der Waals surface area contributed by atoms with Gasteiger partial charge in [-0.1, -0.05) is 75.4 Å². The van der Waals surface area contributed by atoms with Gasteiger partial charge >= 0.3 is 5.97 Å². The minimum Gasteiger partial charge on any atom is -0.478 e. The van der Waals surface area contributed by atoms with Crippen molar-refractivity contribution in [2.45, 2.75) is 64.2 Å². The quantitative estimate of drug-likeness (QED) is 0.237. The number of rotatable bonds is 10. The van der Waals surface area contributed by atoms with Gasteiger partial charge in [0.25, 0.3) is 0 Å². The molecular weight excluding hydrogens is 462 g/mol. The summed E-state index contributed by atoms with van der Waals surface area (Å²) in [6, 6.07) is 16.8. The van der Waals surface area contributed by atoms with Crippen molar-refractivity contribution in [1.82, 2.24) is 14.8 Å². The van der Waals surface area contributed by atoms with Gasteiger partial charge in [0.15, 0.2) is 0 Å². The van der Waals surface area contributed by atoms with Crippen LogP contribution in [0.4, 0.5) is 0 Å². The number of carbonyl (C=O) groups is 1. The fourth-order valence-corrected chi connectivity index (χ4v) is 5.55. The number of hydrogen-bond donors (Lipinski definition) is 3. The number of aryl methyl sites for hydroxylation is 1. The van der Waals surface area contributed by atoms with Crippen molar-refractivity contribution in [3.8, 4) is 16.8 Å². The van der Waals surface area contributed by atoms with Crippen molar-refractivity contribution < 1.29 is 9.90 Å². The van der Waals surface area contributed by atoms with Crippen LogP contribution in [-0.2, 0) is 6.42 Å². The molecule has 0 radical (unpaired) electrons. The molecule has 1 atom stereocenters. The topological polar surface area (TPSA) is 110 Å². The van der Waals surface area contributed by atoms with Gasteiger partial charge in [-0.3, -0.25) is 0 Å². The zero-order chi connectivity index (χ0) is 26.4. The number of nitrogens with zero attached hydrogens (tertiary/aromatic N) is 3. The zero-order valence-corrected chi connectivity index (χ0v) is 21.9. The van der Waals surface area contributed by atoms with Crippen LogP contribution in [0.1, 0.15) is 79.4 Å². The monoisotopic (exact) mass is 501 g/mol. The molecule has 0 amide bonds. The van der Waals surface area contributed by atoms with Crippen molar-refractivity contribution in [1.29, 1.82) is 0 Å². The molecule has 3 aromatic rings. The van der Waals surface area contributed by atoms with E-state index in [1.54, 1.807) is 17.9 Å². The first-order valence-electron chi connectivity index (χ1n) is 13.3. The minimum atomic E-state index is -1.03. The molecule has 37 heavy (non-hydrogen) atoms. The van der Waals surface area contributed by atoms with E-state index >= 15 is 0 Å². The van der Waals surface area contributed by atoms with E-state index in [1.165, 1.54) is 55.3 Å². The van der Waals surface area contributed by atoms with Crippen LogP contribution >= 0.6 is 0 Å². The van der Waals surface area contributed by atoms with E-state index < -0.39 is 5.97 Å². The summed E-state index contributed by atoms with van der Waals surface area (Å²) >= 11 is 0. The Labute approximate surface area is 219 Å². The lowest BCUT2D eigenvalue weighted by atomic mass is 9.85. The minimum absolute atomic E-state index is 0.137. The van der Waals surface area contributed by atoms with Gasteiger partial charge in [-0.15, -0.1) is 0 Å². The van der Waals surface area contributed by atoms with E-state index in [9.17, 15) is 9.90 Å². The summed E-state index contributed by atoms with van der Waals surface area (Å²) in [6.45, 7) is 1.97. The fourth-order valence-electron chi connectivity index (χ4n) is 5.55. The Morgan fingerprint density at radius 1 is 1.16 bits per heavy atom. The number of aromatic nitrogens is 2. The molecular formula is C30H39N5O2. The van der Waals surface area contributed by atoms with Gasteiger partial charge in [0, 0.05) is 24.9 Å². The second-order valence-corrected chi connectivity index (χ2v) is 10.2. The largest absolute Gasteiger partial charge is 0.478 e. The highest BCUT2D eigenvalue weighted by molar-refractivity contribution is 5.89. The lowest BCUT2D eigenvalue weighted by Crippen LogP contribution is -2.24. The van der Waals surface area contributed by atoms with E-state index in [0.29, 0.717) is 17.8 Å². The van der Waals surface area contributed by atoms with E-state index in [4.69, 9.17) is 11.6 Å². The first-order chi connectivity index (χ1) is 17.9. The maximum atomic E-state index is 12.1. The highest BCUT2D eigenvalue weighted by Gasteiger charge is 2.26. The molecule has 1 heterocycles. The third-order valence-electron chi connectivity index (χ3n) is 7.45. The number of hydrazine groups is 1. The normalized spacial score (nSPS) is 15.5. The molecule has 0 bridgehead atoms. The number of carboxylic acid groups (broad SMARTS) is 1. The molecule has 0 saturated heterocycles. The van der Waals surface area contributed by atoms with E-state index in [2.05, 4.69) is 41.5 Å². The molecule has 1 fully saturated rings. The first-order valence-corrected chi connectivity index (χ1v) is 13.3. The summed E-state index contributed by atoms with van der Waals surface area (Å²) in [7, 11) is 1.68. The fraction of sp³-hybridized carbons (Fsp3) is 0.400. The predicted octanol–water partition coefficient (Wildman–Crippen LogP) is 5.85. The highest BCUT2D eigenvalue weighted by atomic mass is 16.4. The molecule has 0 aliphatic heterocycles. The van der Waals surface area contributed by atoms with Crippen molar-refractivity contribution in [2.24, 2.45) is 17.5 Å². The maximum absolute atomic E-state index is 12.1. The average Bonchev–Trinajstić information content (AvgIpc) is 3.33. The SMILES string of the molecule is CCC(/C(N)=C/N(C)N)c1c(C(=O)O)cnn1-c1cccc(-c2cccc(CCC3CCCCC3)c2)c1. The van der Waals surface area contributed by atoms with Gasteiger partial charge in [0.05, 0.1) is 17.6 Å². The molecule has 0 spiro atoms. The summed E-state index contributed by atoms with van der Waals surface area (Å²) in [5.41, 5.74) is 11.9. The molecule has 7 nitrogen and oxygen atoms in total. The van der Waals surface area contributed by atoms with Gasteiger partial charge in [0.2, 0.25) is 0 Å². The van der Waals surface area contributed by atoms with Gasteiger partial charge in [-0.25, -0.2) is 15.3 Å². The smallest absolute Gasteiger partial charge is 0.339 e. The van der Waals surface area contributed by atoms with Crippen LogP contribution in [0.15, 0.2) is 66.6 Å². The second-order valence-electron chi connectivity index (χ2n) is 10.2. The number of nitrogens with two attached hydrogens (primary N) is 2.